The first-order valence-corrected chi connectivity index (χ1v) is 9.86. The standard InChI is InChI=1S/C22H19N5O5/c1-12(13-3-6-15(30-2)7-4-13)24-21-23-10-16-19(25-21)26-22(29)27(20(16)28)14-5-8-17-18(9-14)32-11-31-17/h3-10,12H,11H2,1-2H3,(H2,23,24,25,26,29). The summed E-state index contributed by atoms with van der Waals surface area (Å²) in [4.78, 5) is 37.0. The van der Waals surface area contributed by atoms with Gasteiger partial charge in [0.2, 0.25) is 12.7 Å². The van der Waals surface area contributed by atoms with Gasteiger partial charge in [-0.1, -0.05) is 12.1 Å². The van der Waals surface area contributed by atoms with E-state index < -0.39 is 11.2 Å². The highest BCUT2D eigenvalue weighted by atomic mass is 16.7. The van der Waals surface area contributed by atoms with E-state index in [1.165, 1.54) is 6.20 Å². The average Bonchev–Trinajstić information content (AvgIpc) is 3.27. The van der Waals surface area contributed by atoms with E-state index in [9.17, 15) is 9.59 Å². The summed E-state index contributed by atoms with van der Waals surface area (Å²) in [7, 11) is 1.61. The zero-order valence-electron chi connectivity index (χ0n) is 17.3. The van der Waals surface area contributed by atoms with Crippen molar-refractivity contribution in [2.45, 2.75) is 13.0 Å². The number of rotatable bonds is 5. The van der Waals surface area contributed by atoms with Gasteiger partial charge >= 0.3 is 5.69 Å². The zero-order chi connectivity index (χ0) is 22.2. The van der Waals surface area contributed by atoms with Crippen LogP contribution in [0.25, 0.3) is 16.7 Å². The van der Waals surface area contributed by atoms with E-state index in [1.54, 1.807) is 25.3 Å². The molecule has 3 heterocycles. The third-order valence-corrected chi connectivity index (χ3v) is 5.23. The van der Waals surface area contributed by atoms with Crippen LogP contribution in [0.5, 0.6) is 17.2 Å². The van der Waals surface area contributed by atoms with E-state index in [1.807, 2.05) is 31.2 Å². The molecule has 5 rings (SSSR count). The number of ether oxygens (including phenoxy) is 3. The molecular formula is C22H19N5O5. The van der Waals surface area contributed by atoms with Crippen LogP contribution in [0, 0.1) is 0 Å². The largest absolute Gasteiger partial charge is 0.497 e. The number of methoxy groups -OCH3 is 1. The molecule has 0 aliphatic carbocycles. The molecule has 4 aromatic rings. The molecule has 1 aliphatic heterocycles. The maximum absolute atomic E-state index is 13.0. The van der Waals surface area contributed by atoms with Gasteiger partial charge in [0.15, 0.2) is 17.1 Å². The lowest BCUT2D eigenvalue weighted by Gasteiger charge is -2.15. The first kappa shape index (κ1) is 19.6. The summed E-state index contributed by atoms with van der Waals surface area (Å²) >= 11 is 0. The predicted molar refractivity (Wildman–Crippen MR) is 117 cm³/mol. The van der Waals surface area contributed by atoms with Crippen molar-refractivity contribution in [3.63, 3.8) is 0 Å². The van der Waals surface area contributed by atoms with Crippen molar-refractivity contribution in [3.8, 4) is 22.9 Å². The molecule has 10 heteroatoms. The summed E-state index contributed by atoms with van der Waals surface area (Å²) in [5.41, 5.74) is 0.363. The van der Waals surface area contributed by atoms with Crippen LogP contribution in [0.4, 0.5) is 5.95 Å². The van der Waals surface area contributed by atoms with Gasteiger partial charge in [-0.25, -0.2) is 14.3 Å². The number of fused-ring (bicyclic) bond motifs is 2. The lowest BCUT2D eigenvalue weighted by atomic mass is 10.1. The third-order valence-electron chi connectivity index (χ3n) is 5.23. The zero-order valence-corrected chi connectivity index (χ0v) is 17.3. The molecule has 1 aliphatic rings. The molecule has 0 fully saturated rings. The number of aromatic nitrogens is 4. The molecular weight excluding hydrogens is 414 g/mol. The minimum atomic E-state index is -0.616. The van der Waals surface area contributed by atoms with E-state index in [2.05, 4.69) is 20.3 Å². The number of H-pyrrole nitrogens is 1. The van der Waals surface area contributed by atoms with Gasteiger partial charge in [-0.15, -0.1) is 0 Å². The highest BCUT2D eigenvalue weighted by Gasteiger charge is 2.17. The minimum absolute atomic E-state index is 0.0975. The van der Waals surface area contributed by atoms with Crippen molar-refractivity contribution < 1.29 is 14.2 Å². The van der Waals surface area contributed by atoms with Crippen LogP contribution in [-0.2, 0) is 0 Å². The molecule has 0 radical (unpaired) electrons. The summed E-state index contributed by atoms with van der Waals surface area (Å²) in [6, 6.07) is 12.3. The molecule has 0 saturated carbocycles. The van der Waals surface area contributed by atoms with E-state index in [0.29, 0.717) is 17.2 Å². The summed E-state index contributed by atoms with van der Waals surface area (Å²) in [6.07, 6.45) is 1.40. The molecule has 10 nitrogen and oxygen atoms in total. The second-order valence-electron chi connectivity index (χ2n) is 7.20. The number of aromatic amines is 1. The molecule has 0 saturated heterocycles. The first-order chi connectivity index (χ1) is 15.5. The fourth-order valence-electron chi connectivity index (χ4n) is 3.50. The Morgan fingerprint density at radius 3 is 2.69 bits per heavy atom. The molecule has 1 atom stereocenters. The summed E-state index contributed by atoms with van der Waals surface area (Å²) in [5, 5.41) is 3.36. The van der Waals surface area contributed by atoms with Crippen molar-refractivity contribution >= 4 is 17.0 Å². The fraction of sp³-hybridized carbons (Fsp3) is 0.182. The van der Waals surface area contributed by atoms with Crippen LogP contribution in [0.3, 0.4) is 0 Å². The quantitative estimate of drug-likeness (QED) is 0.492. The lowest BCUT2D eigenvalue weighted by Crippen LogP contribution is -2.34. The van der Waals surface area contributed by atoms with Crippen LogP contribution in [0.15, 0.2) is 58.3 Å². The Labute approximate surface area is 181 Å². The van der Waals surface area contributed by atoms with E-state index in [-0.39, 0.29) is 29.8 Å². The second kappa shape index (κ2) is 7.73. The molecule has 1 unspecified atom stereocenters. The van der Waals surface area contributed by atoms with E-state index >= 15 is 0 Å². The third kappa shape index (κ3) is 3.41. The normalized spacial score (nSPS) is 13.2. The Morgan fingerprint density at radius 1 is 1.12 bits per heavy atom. The van der Waals surface area contributed by atoms with Gasteiger partial charge < -0.3 is 19.5 Å². The van der Waals surface area contributed by atoms with Crippen LogP contribution in [0.1, 0.15) is 18.5 Å². The minimum Gasteiger partial charge on any atom is -0.497 e. The average molecular weight is 433 g/mol. The van der Waals surface area contributed by atoms with Crippen molar-refractivity contribution in [2.75, 3.05) is 19.2 Å². The first-order valence-electron chi connectivity index (χ1n) is 9.86. The van der Waals surface area contributed by atoms with Crippen molar-refractivity contribution in [1.29, 1.82) is 0 Å². The van der Waals surface area contributed by atoms with E-state index in [0.717, 1.165) is 15.9 Å². The maximum Gasteiger partial charge on any atom is 0.334 e. The van der Waals surface area contributed by atoms with Crippen molar-refractivity contribution in [2.24, 2.45) is 0 Å². The fourth-order valence-corrected chi connectivity index (χ4v) is 3.50. The van der Waals surface area contributed by atoms with Crippen LogP contribution < -0.4 is 30.8 Å². The molecule has 2 aromatic carbocycles. The summed E-state index contributed by atoms with van der Waals surface area (Å²) < 4.78 is 16.8. The Bertz CT molecular complexity index is 1430. The molecule has 2 N–H and O–H groups in total. The topological polar surface area (TPSA) is 120 Å². The highest BCUT2D eigenvalue weighted by molar-refractivity contribution is 5.73. The van der Waals surface area contributed by atoms with Crippen molar-refractivity contribution in [1.82, 2.24) is 19.5 Å². The summed E-state index contributed by atoms with van der Waals surface area (Å²) in [5.74, 6) is 2.08. The number of benzene rings is 2. The number of nitrogens with zero attached hydrogens (tertiary/aromatic N) is 3. The van der Waals surface area contributed by atoms with E-state index in [4.69, 9.17) is 14.2 Å². The SMILES string of the molecule is COc1ccc(C(C)Nc2ncc3c(=O)n(-c4ccc5c(c4)OCO5)c(=O)[nH]c3n2)cc1. The Kier molecular flexibility index (Phi) is 4.74. The van der Waals surface area contributed by atoms with Gasteiger partial charge in [0.1, 0.15) is 11.1 Å². The van der Waals surface area contributed by atoms with Gasteiger partial charge in [-0.05, 0) is 36.8 Å². The van der Waals surface area contributed by atoms with Gasteiger partial charge in [-0.2, -0.15) is 4.98 Å². The predicted octanol–water partition coefficient (Wildman–Crippen LogP) is 2.38. The molecule has 2 aromatic heterocycles. The van der Waals surface area contributed by atoms with Gasteiger partial charge in [0.25, 0.3) is 5.56 Å². The second-order valence-corrected chi connectivity index (χ2v) is 7.20. The molecule has 162 valence electrons. The van der Waals surface area contributed by atoms with Crippen LogP contribution in [0.2, 0.25) is 0 Å². The molecule has 0 bridgehead atoms. The summed E-state index contributed by atoms with van der Waals surface area (Å²) in [6.45, 7) is 2.05. The lowest BCUT2D eigenvalue weighted by molar-refractivity contribution is 0.174. The number of hydrogen-bond donors (Lipinski definition) is 2. The van der Waals surface area contributed by atoms with Gasteiger partial charge in [-0.3, -0.25) is 9.78 Å². The smallest absolute Gasteiger partial charge is 0.334 e. The number of hydrogen-bond acceptors (Lipinski definition) is 8. The number of nitrogens with one attached hydrogen (secondary N) is 2. The molecule has 0 amide bonds. The highest BCUT2D eigenvalue weighted by Crippen LogP contribution is 2.33. The van der Waals surface area contributed by atoms with Crippen molar-refractivity contribution in [3.05, 3.63) is 75.1 Å². The Morgan fingerprint density at radius 2 is 1.91 bits per heavy atom. The van der Waals surface area contributed by atoms with Crippen LogP contribution >= 0.6 is 0 Å². The maximum atomic E-state index is 13.0. The van der Waals surface area contributed by atoms with Gasteiger partial charge in [0.05, 0.1) is 18.8 Å². The Hall–Kier alpha value is -4.34. The Balaban J connectivity index is 1.48. The monoisotopic (exact) mass is 433 g/mol. The molecule has 32 heavy (non-hydrogen) atoms. The van der Waals surface area contributed by atoms with Gasteiger partial charge in [0, 0.05) is 12.3 Å². The molecule has 0 spiro atoms. The number of anilines is 1. The van der Waals surface area contributed by atoms with Crippen LogP contribution in [-0.4, -0.2) is 33.4 Å².